The van der Waals surface area contributed by atoms with E-state index in [1.54, 1.807) is 0 Å². The first-order valence-electron chi connectivity index (χ1n) is 6.21. The van der Waals surface area contributed by atoms with E-state index >= 15 is 0 Å². The first kappa shape index (κ1) is 12.1. The Kier molecular flexibility index (Phi) is 3.48. The van der Waals surface area contributed by atoms with Gasteiger partial charge in [-0.15, -0.1) is 0 Å². The molecule has 1 aromatic carbocycles. The molecule has 0 atom stereocenters. The van der Waals surface area contributed by atoms with Crippen LogP contribution >= 0.6 is 0 Å². The lowest BCUT2D eigenvalue weighted by molar-refractivity contribution is -0.121. The van der Waals surface area contributed by atoms with Crippen molar-refractivity contribution < 1.29 is 4.79 Å². The molecule has 0 radical (unpaired) electrons. The molecule has 3 N–H and O–H groups in total. The third-order valence-corrected chi connectivity index (χ3v) is 3.57. The molecule has 1 aliphatic rings. The quantitative estimate of drug-likeness (QED) is 0.808. The maximum absolute atomic E-state index is 11.4. The monoisotopic (exact) mass is 232 g/mol. The van der Waals surface area contributed by atoms with E-state index in [9.17, 15) is 4.79 Å². The van der Waals surface area contributed by atoms with Crippen LogP contribution in [0.15, 0.2) is 24.3 Å². The minimum Gasteiger partial charge on any atom is -0.355 e. The van der Waals surface area contributed by atoms with Gasteiger partial charge in [0.25, 0.3) is 0 Å². The van der Waals surface area contributed by atoms with Crippen LogP contribution in [0.1, 0.15) is 30.4 Å². The number of hydrogen-bond donors (Lipinski definition) is 2. The lowest BCUT2D eigenvalue weighted by atomic mass is 9.92. The molecule has 2 rings (SSSR count). The van der Waals surface area contributed by atoms with Crippen LogP contribution in [0.2, 0.25) is 0 Å². The molecule has 3 nitrogen and oxygen atoms in total. The van der Waals surface area contributed by atoms with Crippen LogP contribution in [-0.4, -0.2) is 19.0 Å². The van der Waals surface area contributed by atoms with Crippen LogP contribution < -0.4 is 11.1 Å². The number of hydrogen-bond acceptors (Lipinski definition) is 2. The number of carbonyl (C=O) groups is 1. The average molecular weight is 232 g/mol. The van der Waals surface area contributed by atoms with Crippen LogP contribution in [-0.2, 0) is 10.2 Å². The molecule has 1 saturated carbocycles. The molecule has 0 heterocycles. The number of nitrogens with one attached hydrogen (secondary N) is 1. The first-order chi connectivity index (χ1) is 8.18. The highest BCUT2D eigenvalue weighted by Gasteiger charge is 2.44. The van der Waals surface area contributed by atoms with Gasteiger partial charge in [-0.1, -0.05) is 24.3 Å². The molecule has 92 valence electrons. The summed E-state index contributed by atoms with van der Waals surface area (Å²) < 4.78 is 0. The second-order valence-corrected chi connectivity index (χ2v) is 4.91. The molecular formula is C14H20N2O. The van der Waals surface area contributed by atoms with Gasteiger partial charge in [0.05, 0.1) is 0 Å². The summed E-state index contributed by atoms with van der Waals surface area (Å²) in [6, 6.07) is 8.44. The molecule has 1 aliphatic carbocycles. The lowest BCUT2D eigenvalue weighted by Gasteiger charge is -2.18. The molecule has 1 aromatic rings. The minimum absolute atomic E-state index is 0.0624. The van der Waals surface area contributed by atoms with E-state index in [1.807, 2.05) is 0 Å². The Morgan fingerprint density at radius 3 is 2.71 bits per heavy atom. The summed E-state index contributed by atoms with van der Waals surface area (Å²) in [4.78, 5) is 11.4. The predicted octanol–water partition coefficient (Wildman–Crippen LogP) is 1.49. The van der Waals surface area contributed by atoms with Crippen LogP contribution in [0.5, 0.6) is 0 Å². The van der Waals surface area contributed by atoms with Crippen LogP contribution in [0.3, 0.4) is 0 Å². The Morgan fingerprint density at radius 1 is 1.41 bits per heavy atom. The number of nitrogens with two attached hydrogens (primary N) is 1. The molecule has 0 aliphatic heterocycles. The van der Waals surface area contributed by atoms with Crippen molar-refractivity contribution in [3.63, 3.8) is 0 Å². The maximum Gasteiger partial charge on any atom is 0.221 e. The maximum atomic E-state index is 11.4. The summed E-state index contributed by atoms with van der Waals surface area (Å²) in [7, 11) is 0. The topological polar surface area (TPSA) is 55.1 Å². The standard InChI is InChI=1S/C14H20N2O/c1-11-4-2-3-5-12(11)14(7-8-14)10-16-13(17)6-9-15/h2-5H,6-10,15H2,1H3,(H,16,17). The van der Waals surface area contributed by atoms with Gasteiger partial charge in [-0.25, -0.2) is 0 Å². The Morgan fingerprint density at radius 2 is 2.12 bits per heavy atom. The Hall–Kier alpha value is -1.35. The highest BCUT2D eigenvalue weighted by Crippen LogP contribution is 2.48. The van der Waals surface area contributed by atoms with Crippen molar-refractivity contribution in [3.05, 3.63) is 35.4 Å². The van der Waals surface area contributed by atoms with Crippen molar-refractivity contribution >= 4 is 5.91 Å². The van der Waals surface area contributed by atoms with E-state index in [0.717, 1.165) is 6.54 Å². The SMILES string of the molecule is Cc1ccccc1C1(CNC(=O)CCN)CC1. The van der Waals surface area contributed by atoms with Gasteiger partial charge in [0.2, 0.25) is 5.91 Å². The minimum atomic E-state index is 0.0624. The molecular weight excluding hydrogens is 212 g/mol. The molecule has 1 amide bonds. The zero-order valence-corrected chi connectivity index (χ0v) is 10.3. The van der Waals surface area contributed by atoms with Gasteiger partial charge in [0, 0.05) is 24.9 Å². The predicted molar refractivity (Wildman–Crippen MR) is 68.8 cm³/mol. The Bertz CT molecular complexity index is 410. The number of aryl methyl sites for hydroxylation is 1. The first-order valence-corrected chi connectivity index (χ1v) is 6.21. The van der Waals surface area contributed by atoms with Crippen molar-refractivity contribution in [2.24, 2.45) is 5.73 Å². The molecule has 0 bridgehead atoms. The number of rotatable bonds is 5. The largest absolute Gasteiger partial charge is 0.355 e. The van der Waals surface area contributed by atoms with Gasteiger partial charge in [0.1, 0.15) is 0 Å². The second kappa shape index (κ2) is 4.88. The summed E-state index contributed by atoms with van der Waals surface area (Å²) in [5.41, 5.74) is 8.25. The second-order valence-electron chi connectivity index (χ2n) is 4.91. The molecule has 1 fully saturated rings. The van der Waals surface area contributed by atoms with Crippen molar-refractivity contribution in [3.8, 4) is 0 Å². The molecule has 0 unspecified atom stereocenters. The average Bonchev–Trinajstić information content (AvgIpc) is 3.09. The third-order valence-electron chi connectivity index (χ3n) is 3.57. The third kappa shape index (κ3) is 2.67. The summed E-state index contributed by atoms with van der Waals surface area (Å²) >= 11 is 0. The van der Waals surface area contributed by atoms with Gasteiger partial charge in [0.15, 0.2) is 0 Å². The fourth-order valence-corrected chi connectivity index (χ4v) is 2.35. The van der Waals surface area contributed by atoms with E-state index < -0.39 is 0 Å². The fourth-order valence-electron chi connectivity index (χ4n) is 2.35. The Labute approximate surface area is 102 Å². The molecule has 17 heavy (non-hydrogen) atoms. The molecule has 0 saturated heterocycles. The summed E-state index contributed by atoms with van der Waals surface area (Å²) in [5.74, 6) is 0.0624. The smallest absolute Gasteiger partial charge is 0.221 e. The van der Waals surface area contributed by atoms with E-state index in [-0.39, 0.29) is 11.3 Å². The summed E-state index contributed by atoms with van der Waals surface area (Å²) in [5, 5.41) is 2.99. The van der Waals surface area contributed by atoms with Gasteiger partial charge in [-0.2, -0.15) is 0 Å². The van der Waals surface area contributed by atoms with Gasteiger partial charge >= 0.3 is 0 Å². The molecule has 3 heteroatoms. The zero-order valence-electron chi connectivity index (χ0n) is 10.3. The lowest BCUT2D eigenvalue weighted by Crippen LogP contribution is -2.33. The van der Waals surface area contributed by atoms with Crippen LogP contribution in [0.25, 0.3) is 0 Å². The van der Waals surface area contributed by atoms with E-state index in [2.05, 4.69) is 36.5 Å². The van der Waals surface area contributed by atoms with Gasteiger partial charge < -0.3 is 11.1 Å². The van der Waals surface area contributed by atoms with Crippen molar-refractivity contribution in [1.29, 1.82) is 0 Å². The van der Waals surface area contributed by atoms with Crippen molar-refractivity contribution in [2.75, 3.05) is 13.1 Å². The van der Waals surface area contributed by atoms with Crippen LogP contribution in [0.4, 0.5) is 0 Å². The Balaban J connectivity index is 2.01. The molecule has 0 aromatic heterocycles. The normalized spacial score (nSPS) is 16.6. The highest BCUT2D eigenvalue weighted by molar-refractivity contribution is 5.76. The summed E-state index contributed by atoms with van der Waals surface area (Å²) in [6.07, 6.45) is 2.76. The van der Waals surface area contributed by atoms with Crippen molar-refractivity contribution in [1.82, 2.24) is 5.32 Å². The molecule has 0 spiro atoms. The van der Waals surface area contributed by atoms with E-state index in [1.165, 1.54) is 24.0 Å². The fraction of sp³-hybridized carbons (Fsp3) is 0.500. The van der Waals surface area contributed by atoms with Gasteiger partial charge in [-0.3, -0.25) is 4.79 Å². The summed E-state index contributed by atoms with van der Waals surface area (Å²) in [6.45, 7) is 3.30. The highest BCUT2D eigenvalue weighted by atomic mass is 16.1. The van der Waals surface area contributed by atoms with E-state index in [4.69, 9.17) is 5.73 Å². The zero-order chi connectivity index (χ0) is 12.3. The number of amides is 1. The number of benzene rings is 1. The van der Waals surface area contributed by atoms with E-state index in [0.29, 0.717) is 13.0 Å². The van der Waals surface area contributed by atoms with Crippen molar-refractivity contribution in [2.45, 2.75) is 31.6 Å². The van der Waals surface area contributed by atoms with Crippen LogP contribution in [0, 0.1) is 6.92 Å². The number of carbonyl (C=O) groups excluding carboxylic acids is 1. The van der Waals surface area contributed by atoms with Gasteiger partial charge in [-0.05, 0) is 30.9 Å².